The van der Waals surface area contributed by atoms with Gasteiger partial charge in [0.1, 0.15) is 5.69 Å². The Kier molecular flexibility index (Phi) is 4.17. The first kappa shape index (κ1) is 14.4. The highest BCUT2D eigenvalue weighted by molar-refractivity contribution is 5.92. The molecule has 1 aliphatic heterocycles. The molecule has 1 saturated heterocycles. The maximum atomic E-state index is 12.4. The Bertz CT molecular complexity index is 497. The third-order valence-corrected chi connectivity index (χ3v) is 4.51. The molecule has 6 heteroatoms. The zero-order valence-corrected chi connectivity index (χ0v) is 12.4. The molecule has 114 valence electrons. The number of piperazine rings is 1. The zero-order valence-electron chi connectivity index (χ0n) is 12.4. The molecule has 2 fully saturated rings. The number of carbonyl (C=O) groups excluding carboxylic acids is 1. The van der Waals surface area contributed by atoms with Gasteiger partial charge in [-0.25, -0.2) is 4.98 Å². The molecular weight excluding hydrogens is 268 g/mol. The summed E-state index contributed by atoms with van der Waals surface area (Å²) in [4.78, 5) is 24.8. The Morgan fingerprint density at radius 1 is 1.19 bits per heavy atom. The maximum absolute atomic E-state index is 12.4. The van der Waals surface area contributed by atoms with Crippen LogP contribution in [0.2, 0.25) is 0 Å². The standard InChI is InChI=1S/C15H22N4O2/c1-11-9-17-12(10-16-11)15(21)19-7-5-18(6-8-19)13-3-2-4-14(13)20/h9-10,13-14,20H,2-8H2,1H3. The van der Waals surface area contributed by atoms with Gasteiger partial charge in [-0.1, -0.05) is 0 Å². The number of amides is 1. The van der Waals surface area contributed by atoms with Crippen molar-refractivity contribution < 1.29 is 9.90 Å². The summed E-state index contributed by atoms with van der Waals surface area (Å²) in [6.07, 6.45) is 6.05. The Hall–Kier alpha value is -1.53. The minimum Gasteiger partial charge on any atom is -0.391 e. The van der Waals surface area contributed by atoms with Gasteiger partial charge < -0.3 is 10.0 Å². The summed E-state index contributed by atoms with van der Waals surface area (Å²) >= 11 is 0. The second kappa shape index (κ2) is 6.07. The lowest BCUT2D eigenvalue weighted by Gasteiger charge is -2.38. The molecule has 2 unspecified atom stereocenters. The van der Waals surface area contributed by atoms with E-state index in [1.54, 1.807) is 12.4 Å². The molecular formula is C15H22N4O2. The molecule has 2 aliphatic rings. The molecule has 21 heavy (non-hydrogen) atoms. The van der Waals surface area contributed by atoms with Gasteiger partial charge in [-0.05, 0) is 26.2 Å². The molecule has 0 radical (unpaired) electrons. The summed E-state index contributed by atoms with van der Waals surface area (Å²) in [5, 5.41) is 9.98. The van der Waals surface area contributed by atoms with Gasteiger partial charge in [0, 0.05) is 38.4 Å². The van der Waals surface area contributed by atoms with Crippen molar-refractivity contribution in [3.63, 3.8) is 0 Å². The van der Waals surface area contributed by atoms with E-state index in [1.165, 1.54) is 0 Å². The Morgan fingerprint density at radius 2 is 1.95 bits per heavy atom. The Morgan fingerprint density at radius 3 is 2.52 bits per heavy atom. The van der Waals surface area contributed by atoms with Crippen molar-refractivity contribution in [3.05, 3.63) is 23.8 Å². The third kappa shape index (κ3) is 3.06. The van der Waals surface area contributed by atoms with Crippen molar-refractivity contribution in [3.8, 4) is 0 Å². The maximum Gasteiger partial charge on any atom is 0.274 e. The van der Waals surface area contributed by atoms with E-state index in [4.69, 9.17) is 0 Å². The second-order valence-electron chi connectivity index (χ2n) is 5.94. The van der Waals surface area contributed by atoms with Gasteiger partial charge in [-0.2, -0.15) is 0 Å². The van der Waals surface area contributed by atoms with E-state index in [0.29, 0.717) is 18.8 Å². The molecule has 1 saturated carbocycles. The number of hydrogen-bond acceptors (Lipinski definition) is 5. The quantitative estimate of drug-likeness (QED) is 0.857. The SMILES string of the molecule is Cc1cnc(C(=O)N2CCN(C3CCCC3O)CC2)cn1. The number of aliphatic hydroxyl groups excluding tert-OH is 1. The lowest BCUT2D eigenvalue weighted by Crippen LogP contribution is -2.53. The van der Waals surface area contributed by atoms with Crippen molar-refractivity contribution in [1.82, 2.24) is 19.8 Å². The molecule has 1 aromatic heterocycles. The Balaban J connectivity index is 1.58. The lowest BCUT2D eigenvalue weighted by molar-refractivity contribution is 0.0313. The first-order chi connectivity index (χ1) is 10.1. The van der Waals surface area contributed by atoms with Crippen molar-refractivity contribution in [2.75, 3.05) is 26.2 Å². The number of aryl methyl sites for hydroxylation is 1. The van der Waals surface area contributed by atoms with Crippen LogP contribution in [0, 0.1) is 6.92 Å². The summed E-state index contributed by atoms with van der Waals surface area (Å²) in [6.45, 7) is 4.89. The van der Waals surface area contributed by atoms with E-state index in [1.807, 2.05) is 11.8 Å². The number of nitrogens with zero attached hydrogens (tertiary/aromatic N) is 4. The molecule has 1 aromatic rings. The van der Waals surface area contributed by atoms with Crippen LogP contribution in [0.4, 0.5) is 0 Å². The van der Waals surface area contributed by atoms with Crippen molar-refractivity contribution >= 4 is 5.91 Å². The van der Waals surface area contributed by atoms with Gasteiger partial charge in [0.15, 0.2) is 0 Å². The van der Waals surface area contributed by atoms with E-state index in [9.17, 15) is 9.90 Å². The largest absolute Gasteiger partial charge is 0.391 e. The van der Waals surface area contributed by atoms with Gasteiger partial charge >= 0.3 is 0 Å². The van der Waals surface area contributed by atoms with Crippen molar-refractivity contribution in [2.24, 2.45) is 0 Å². The lowest BCUT2D eigenvalue weighted by atomic mass is 10.1. The molecule has 1 amide bonds. The predicted octanol–water partition coefficient (Wildman–Crippen LogP) is 0.456. The van der Waals surface area contributed by atoms with Crippen molar-refractivity contribution in [2.45, 2.75) is 38.3 Å². The smallest absolute Gasteiger partial charge is 0.274 e. The molecule has 2 heterocycles. The van der Waals surface area contributed by atoms with E-state index >= 15 is 0 Å². The van der Waals surface area contributed by atoms with Crippen LogP contribution in [0.15, 0.2) is 12.4 Å². The highest BCUT2D eigenvalue weighted by Crippen LogP contribution is 2.25. The number of hydrogen-bond donors (Lipinski definition) is 1. The average Bonchev–Trinajstić information content (AvgIpc) is 2.94. The molecule has 1 N–H and O–H groups in total. The first-order valence-electron chi connectivity index (χ1n) is 7.65. The highest BCUT2D eigenvalue weighted by atomic mass is 16.3. The fourth-order valence-electron chi connectivity index (χ4n) is 3.27. The molecule has 6 nitrogen and oxygen atoms in total. The second-order valence-corrected chi connectivity index (χ2v) is 5.94. The van der Waals surface area contributed by atoms with Crippen LogP contribution in [0.3, 0.4) is 0 Å². The first-order valence-corrected chi connectivity index (χ1v) is 7.65. The van der Waals surface area contributed by atoms with Gasteiger partial charge in [0.05, 0.1) is 18.0 Å². The molecule has 0 spiro atoms. The topological polar surface area (TPSA) is 69.6 Å². The van der Waals surface area contributed by atoms with Crippen LogP contribution < -0.4 is 0 Å². The molecule has 3 rings (SSSR count). The van der Waals surface area contributed by atoms with Crippen LogP contribution in [-0.2, 0) is 0 Å². The van der Waals surface area contributed by atoms with Crippen LogP contribution in [-0.4, -0.2) is 69.1 Å². The molecule has 2 atom stereocenters. The van der Waals surface area contributed by atoms with E-state index in [0.717, 1.165) is 38.0 Å². The summed E-state index contributed by atoms with van der Waals surface area (Å²) in [5.74, 6) is -0.0471. The number of aliphatic hydroxyl groups is 1. The van der Waals surface area contributed by atoms with Crippen LogP contribution in [0.5, 0.6) is 0 Å². The summed E-state index contributed by atoms with van der Waals surface area (Å²) in [5.41, 5.74) is 1.22. The van der Waals surface area contributed by atoms with Crippen LogP contribution in [0.25, 0.3) is 0 Å². The predicted molar refractivity (Wildman–Crippen MR) is 77.9 cm³/mol. The Labute approximate surface area is 124 Å². The summed E-state index contributed by atoms with van der Waals surface area (Å²) < 4.78 is 0. The summed E-state index contributed by atoms with van der Waals surface area (Å²) in [7, 11) is 0. The zero-order chi connectivity index (χ0) is 14.8. The molecule has 0 aromatic carbocycles. The van der Waals surface area contributed by atoms with E-state index in [-0.39, 0.29) is 18.1 Å². The summed E-state index contributed by atoms with van der Waals surface area (Å²) in [6, 6.07) is 0.279. The van der Waals surface area contributed by atoms with E-state index in [2.05, 4.69) is 14.9 Å². The molecule has 1 aliphatic carbocycles. The van der Waals surface area contributed by atoms with Crippen LogP contribution >= 0.6 is 0 Å². The fourth-order valence-corrected chi connectivity index (χ4v) is 3.27. The van der Waals surface area contributed by atoms with Gasteiger partial charge in [-0.15, -0.1) is 0 Å². The van der Waals surface area contributed by atoms with Gasteiger partial charge in [-0.3, -0.25) is 14.7 Å². The minimum atomic E-state index is -0.199. The minimum absolute atomic E-state index is 0.0471. The van der Waals surface area contributed by atoms with Crippen LogP contribution in [0.1, 0.15) is 35.4 Å². The normalized spacial score (nSPS) is 27.0. The number of aromatic nitrogens is 2. The highest BCUT2D eigenvalue weighted by Gasteiger charge is 2.33. The van der Waals surface area contributed by atoms with Crippen molar-refractivity contribution in [1.29, 1.82) is 0 Å². The third-order valence-electron chi connectivity index (χ3n) is 4.51. The number of rotatable bonds is 2. The fraction of sp³-hybridized carbons (Fsp3) is 0.667. The molecule has 0 bridgehead atoms. The van der Waals surface area contributed by atoms with E-state index < -0.39 is 0 Å². The van der Waals surface area contributed by atoms with Gasteiger partial charge in [0.25, 0.3) is 5.91 Å². The number of carbonyl (C=O) groups is 1. The average molecular weight is 290 g/mol. The monoisotopic (exact) mass is 290 g/mol. The van der Waals surface area contributed by atoms with Gasteiger partial charge in [0.2, 0.25) is 0 Å².